The van der Waals surface area contributed by atoms with Gasteiger partial charge in [0.2, 0.25) is 0 Å². The Labute approximate surface area is 159 Å². The van der Waals surface area contributed by atoms with Crippen molar-refractivity contribution in [3.8, 4) is 5.75 Å². The maximum atomic E-state index is 12.8. The van der Waals surface area contributed by atoms with Crippen molar-refractivity contribution >= 4 is 5.91 Å². The summed E-state index contributed by atoms with van der Waals surface area (Å²) in [5.74, 6) is 1.21. The van der Waals surface area contributed by atoms with Gasteiger partial charge in [-0.25, -0.2) is 0 Å². The number of rotatable bonds is 4. The maximum absolute atomic E-state index is 12.8. The van der Waals surface area contributed by atoms with Gasteiger partial charge in [0.15, 0.2) is 5.69 Å². The molecular weight excluding hydrogens is 342 g/mol. The predicted molar refractivity (Wildman–Crippen MR) is 102 cm³/mol. The highest BCUT2D eigenvalue weighted by atomic mass is 16.3. The van der Waals surface area contributed by atoms with Crippen LogP contribution in [0.2, 0.25) is 0 Å². The molecule has 0 bridgehead atoms. The Bertz CT molecular complexity index is 776. The van der Waals surface area contributed by atoms with Gasteiger partial charge in [-0.2, -0.15) is 0 Å². The van der Waals surface area contributed by atoms with Crippen LogP contribution in [0.1, 0.15) is 47.7 Å². The van der Waals surface area contributed by atoms with Crippen LogP contribution < -0.4 is 5.32 Å². The summed E-state index contributed by atoms with van der Waals surface area (Å²) in [6.07, 6.45) is 5.98. The molecule has 3 heterocycles. The number of carbonyl (C=O) groups excluding carboxylic acids is 1. The van der Waals surface area contributed by atoms with Gasteiger partial charge in [0.25, 0.3) is 5.91 Å². The standard InChI is InChI=1S/C20H27N5O2/c26-18-5-1-4-17(11-18)16-6-9-24(10-7-16)20(27)19-14-25(23-22-19)13-15-3-2-8-21-12-15/h1,4-5,11,14-16,21,26H,2-3,6-10,12-13H2/t15-/m0/s1. The first-order valence-electron chi connectivity index (χ1n) is 9.88. The number of carbonyl (C=O) groups is 1. The molecule has 0 aliphatic carbocycles. The van der Waals surface area contributed by atoms with E-state index in [1.165, 1.54) is 12.8 Å². The van der Waals surface area contributed by atoms with Crippen LogP contribution in [0.4, 0.5) is 0 Å². The quantitative estimate of drug-likeness (QED) is 0.861. The molecule has 144 valence electrons. The molecule has 1 aromatic heterocycles. The second-order valence-electron chi connectivity index (χ2n) is 7.70. The fourth-order valence-corrected chi connectivity index (χ4v) is 4.19. The fraction of sp³-hybridized carbons (Fsp3) is 0.550. The second kappa shape index (κ2) is 8.08. The zero-order valence-electron chi connectivity index (χ0n) is 15.5. The monoisotopic (exact) mass is 369 g/mol. The average molecular weight is 369 g/mol. The average Bonchev–Trinajstić information content (AvgIpc) is 3.17. The fourth-order valence-electron chi connectivity index (χ4n) is 4.19. The van der Waals surface area contributed by atoms with Crippen molar-refractivity contribution in [2.45, 2.75) is 38.1 Å². The molecule has 27 heavy (non-hydrogen) atoms. The summed E-state index contributed by atoms with van der Waals surface area (Å²) in [6.45, 7) is 4.33. The number of likely N-dealkylation sites (tertiary alicyclic amines) is 1. The summed E-state index contributed by atoms with van der Waals surface area (Å²) >= 11 is 0. The van der Waals surface area contributed by atoms with E-state index in [1.54, 1.807) is 12.3 Å². The summed E-state index contributed by atoms with van der Waals surface area (Å²) in [4.78, 5) is 14.6. The normalized spacial score (nSPS) is 21.3. The first-order chi connectivity index (χ1) is 13.2. The molecule has 2 N–H and O–H groups in total. The maximum Gasteiger partial charge on any atom is 0.276 e. The smallest absolute Gasteiger partial charge is 0.276 e. The lowest BCUT2D eigenvalue weighted by Crippen LogP contribution is -2.38. The Hall–Kier alpha value is -2.41. The van der Waals surface area contributed by atoms with Gasteiger partial charge in [-0.1, -0.05) is 17.3 Å². The number of hydrogen-bond acceptors (Lipinski definition) is 5. The number of phenols is 1. The number of nitrogens with one attached hydrogen (secondary N) is 1. The first-order valence-corrected chi connectivity index (χ1v) is 9.88. The Morgan fingerprint density at radius 2 is 2.11 bits per heavy atom. The number of nitrogens with zero attached hydrogens (tertiary/aromatic N) is 4. The SMILES string of the molecule is O=C(c1cn(C[C@H]2CCCNC2)nn1)N1CCC(c2cccc(O)c2)CC1. The second-order valence-corrected chi connectivity index (χ2v) is 7.70. The molecule has 2 saturated heterocycles. The molecule has 1 amide bonds. The third-order valence-electron chi connectivity index (χ3n) is 5.73. The van der Waals surface area contributed by atoms with Gasteiger partial charge in [0, 0.05) is 19.6 Å². The highest BCUT2D eigenvalue weighted by molar-refractivity contribution is 5.92. The van der Waals surface area contributed by atoms with Crippen LogP contribution in [0.15, 0.2) is 30.5 Å². The van der Waals surface area contributed by atoms with Gasteiger partial charge in [-0.15, -0.1) is 5.10 Å². The highest BCUT2D eigenvalue weighted by Crippen LogP contribution is 2.30. The lowest BCUT2D eigenvalue weighted by molar-refractivity contribution is 0.0707. The minimum atomic E-state index is -0.0302. The summed E-state index contributed by atoms with van der Waals surface area (Å²) in [7, 11) is 0. The van der Waals surface area contributed by atoms with Gasteiger partial charge in [0.1, 0.15) is 5.75 Å². The Morgan fingerprint density at radius 3 is 2.85 bits per heavy atom. The van der Waals surface area contributed by atoms with Gasteiger partial charge in [-0.05, 0) is 68.3 Å². The summed E-state index contributed by atoms with van der Waals surface area (Å²) in [6, 6.07) is 7.44. The van der Waals surface area contributed by atoms with Crippen LogP contribution in [0.5, 0.6) is 5.75 Å². The van der Waals surface area contributed by atoms with Crippen molar-refractivity contribution in [3.05, 3.63) is 41.7 Å². The van der Waals surface area contributed by atoms with E-state index in [0.29, 0.717) is 36.4 Å². The van der Waals surface area contributed by atoms with E-state index in [1.807, 2.05) is 27.8 Å². The molecule has 0 unspecified atom stereocenters. The van der Waals surface area contributed by atoms with Crippen molar-refractivity contribution in [3.63, 3.8) is 0 Å². The Kier molecular flexibility index (Phi) is 5.38. The molecule has 2 aliphatic rings. The number of hydrogen-bond donors (Lipinski definition) is 2. The van der Waals surface area contributed by atoms with E-state index in [9.17, 15) is 9.90 Å². The zero-order chi connectivity index (χ0) is 18.6. The largest absolute Gasteiger partial charge is 0.508 e. The molecule has 0 radical (unpaired) electrons. The Morgan fingerprint density at radius 1 is 1.26 bits per heavy atom. The van der Waals surface area contributed by atoms with Gasteiger partial charge >= 0.3 is 0 Å². The zero-order valence-corrected chi connectivity index (χ0v) is 15.5. The number of amides is 1. The van der Waals surface area contributed by atoms with Crippen LogP contribution in [0, 0.1) is 5.92 Å². The molecule has 7 nitrogen and oxygen atoms in total. The van der Waals surface area contributed by atoms with E-state index in [2.05, 4.69) is 15.6 Å². The third kappa shape index (κ3) is 4.30. The number of phenolic OH excluding ortho intramolecular Hbond substituents is 1. The molecule has 2 aromatic rings. The minimum absolute atomic E-state index is 0.0302. The molecule has 0 spiro atoms. The van der Waals surface area contributed by atoms with Gasteiger partial charge in [-0.3, -0.25) is 9.48 Å². The van der Waals surface area contributed by atoms with E-state index in [0.717, 1.165) is 38.0 Å². The molecule has 1 atom stereocenters. The van der Waals surface area contributed by atoms with E-state index >= 15 is 0 Å². The molecule has 4 rings (SSSR count). The number of aromatic nitrogens is 3. The predicted octanol–water partition coefficient (Wildman–Crippen LogP) is 2.00. The molecule has 7 heteroatoms. The van der Waals surface area contributed by atoms with Crippen LogP contribution in [0.25, 0.3) is 0 Å². The lowest BCUT2D eigenvalue weighted by atomic mass is 9.89. The van der Waals surface area contributed by atoms with Gasteiger partial charge in [0.05, 0.1) is 6.20 Å². The summed E-state index contributed by atoms with van der Waals surface area (Å²) in [5.41, 5.74) is 1.59. The van der Waals surface area contributed by atoms with Crippen molar-refractivity contribution in [1.29, 1.82) is 0 Å². The first kappa shape index (κ1) is 18.0. The van der Waals surface area contributed by atoms with Gasteiger partial charge < -0.3 is 15.3 Å². The highest BCUT2D eigenvalue weighted by Gasteiger charge is 2.26. The van der Waals surface area contributed by atoms with Crippen molar-refractivity contribution in [2.75, 3.05) is 26.2 Å². The number of aromatic hydroxyl groups is 1. The Balaban J connectivity index is 1.32. The lowest BCUT2D eigenvalue weighted by Gasteiger charge is -2.31. The topological polar surface area (TPSA) is 83.3 Å². The third-order valence-corrected chi connectivity index (χ3v) is 5.73. The van der Waals surface area contributed by atoms with Crippen molar-refractivity contribution in [2.24, 2.45) is 5.92 Å². The van der Waals surface area contributed by atoms with Crippen molar-refractivity contribution < 1.29 is 9.90 Å². The molecule has 1 aromatic carbocycles. The molecule has 2 fully saturated rings. The summed E-state index contributed by atoms with van der Waals surface area (Å²) < 4.78 is 1.81. The summed E-state index contributed by atoms with van der Waals surface area (Å²) in [5, 5.41) is 21.3. The minimum Gasteiger partial charge on any atom is -0.508 e. The van der Waals surface area contributed by atoms with E-state index in [-0.39, 0.29) is 5.91 Å². The molecular formula is C20H27N5O2. The molecule has 2 aliphatic heterocycles. The van der Waals surface area contributed by atoms with Crippen LogP contribution >= 0.6 is 0 Å². The van der Waals surface area contributed by atoms with Crippen LogP contribution in [-0.4, -0.2) is 57.1 Å². The number of benzene rings is 1. The van der Waals surface area contributed by atoms with Crippen LogP contribution in [0.3, 0.4) is 0 Å². The van der Waals surface area contributed by atoms with E-state index in [4.69, 9.17) is 0 Å². The number of piperidine rings is 2. The van der Waals surface area contributed by atoms with E-state index < -0.39 is 0 Å². The van der Waals surface area contributed by atoms with Crippen LogP contribution in [-0.2, 0) is 6.54 Å². The van der Waals surface area contributed by atoms with Crippen molar-refractivity contribution in [1.82, 2.24) is 25.2 Å². The molecule has 0 saturated carbocycles.